The van der Waals surface area contributed by atoms with Crippen molar-refractivity contribution in [1.82, 2.24) is 19.7 Å². The number of methoxy groups -OCH3 is 1. The number of benzene rings is 2. The van der Waals surface area contributed by atoms with Crippen molar-refractivity contribution in [2.75, 3.05) is 25.6 Å². The Hall–Kier alpha value is -3.64. The van der Waals surface area contributed by atoms with Crippen molar-refractivity contribution in [3.8, 4) is 17.0 Å². The minimum atomic E-state index is -3.86. The van der Waals surface area contributed by atoms with Gasteiger partial charge in [-0.2, -0.15) is 0 Å². The monoisotopic (exact) mass is 519 g/mol. The Kier molecular flexibility index (Phi) is 6.21. The van der Waals surface area contributed by atoms with Crippen LogP contribution >= 0.6 is 0 Å². The fourth-order valence-corrected chi connectivity index (χ4v) is 6.29. The molecule has 0 spiro atoms. The van der Waals surface area contributed by atoms with Crippen molar-refractivity contribution < 1.29 is 22.6 Å². The lowest BCUT2D eigenvalue weighted by atomic mass is 10.1. The molecule has 2 aliphatic rings. The number of nitrogens with zero attached hydrogens (tertiary/aromatic N) is 3. The lowest BCUT2D eigenvalue weighted by molar-refractivity contribution is 0.0690. The molecule has 4 atom stereocenters. The zero-order valence-electron chi connectivity index (χ0n) is 19.9. The van der Waals surface area contributed by atoms with Crippen LogP contribution in [-0.4, -0.2) is 68.0 Å². The van der Waals surface area contributed by atoms with Crippen LogP contribution in [0.5, 0.6) is 5.75 Å². The third kappa shape index (κ3) is 4.51. The van der Waals surface area contributed by atoms with E-state index in [2.05, 4.69) is 25.0 Å². The molecule has 6 rings (SSSR count). The predicted octanol–water partition coefficient (Wildman–Crippen LogP) is 2.63. The van der Waals surface area contributed by atoms with Crippen LogP contribution in [0.15, 0.2) is 78.0 Å². The summed E-state index contributed by atoms with van der Waals surface area (Å²) in [4.78, 5) is 13.4. The highest BCUT2D eigenvalue weighted by Gasteiger charge is 2.49. The van der Waals surface area contributed by atoms with Gasteiger partial charge in [-0.25, -0.2) is 23.1 Å². The van der Waals surface area contributed by atoms with Gasteiger partial charge in [0.15, 0.2) is 0 Å². The van der Waals surface area contributed by atoms with Crippen LogP contribution in [0.2, 0.25) is 0 Å². The first-order valence-corrected chi connectivity index (χ1v) is 13.3. The van der Waals surface area contributed by atoms with Gasteiger partial charge in [-0.15, -0.1) is 0 Å². The van der Waals surface area contributed by atoms with Gasteiger partial charge in [0.05, 0.1) is 43.6 Å². The number of hydrogen-bond acceptors (Lipinski definition) is 9. The lowest BCUT2D eigenvalue weighted by Gasteiger charge is -2.19. The first kappa shape index (κ1) is 23.7. The normalized spacial score (nSPS) is 23.2. The molecule has 0 bridgehead atoms. The van der Waals surface area contributed by atoms with Crippen LogP contribution in [0.4, 0.5) is 5.95 Å². The molecule has 2 N–H and O–H groups in total. The molecule has 37 heavy (non-hydrogen) atoms. The van der Waals surface area contributed by atoms with Gasteiger partial charge in [-0.3, -0.25) is 4.98 Å². The van der Waals surface area contributed by atoms with Crippen molar-refractivity contribution in [3.63, 3.8) is 0 Å². The molecule has 0 radical (unpaired) electrons. The number of nitrogens with one attached hydrogen (secondary N) is 2. The van der Waals surface area contributed by atoms with Crippen LogP contribution in [0.3, 0.4) is 0 Å². The van der Waals surface area contributed by atoms with E-state index in [9.17, 15) is 8.42 Å². The molecule has 190 valence electrons. The smallest absolute Gasteiger partial charge is 0.243 e. The van der Waals surface area contributed by atoms with Gasteiger partial charge in [0, 0.05) is 23.3 Å². The molecule has 0 aliphatic carbocycles. The molecular weight excluding hydrogens is 494 g/mol. The maximum Gasteiger partial charge on any atom is 0.243 e. The van der Waals surface area contributed by atoms with Gasteiger partial charge >= 0.3 is 0 Å². The van der Waals surface area contributed by atoms with E-state index >= 15 is 0 Å². The summed E-state index contributed by atoms with van der Waals surface area (Å²) in [7, 11) is -2.24. The molecule has 2 fully saturated rings. The Morgan fingerprint density at radius 3 is 2.54 bits per heavy atom. The second-order valence-electron chi connectivity index (χ2n) is 8.87. The summed E-state index contributed by atoms with van der Waals surface area (Å²) in [6.45, 7) is 0.513. The van der Waals surface area contributed by atoms with Gasteiger partial charge in [-0.1, -0.05) is 30.3 Å². The summed E-state index contributed by atoms with van der Waals surface area (Å²) < 4.78 is 46.8. The maximum atomic E-state index is 13.3. The SMILES string of the molecule is COc1ccccc1-c1ccnc(N[C@H]2CO[C@H]3[C@@H]2OC[C@@H]3NS(=O)(=O)c2cccc3cccnc23)n1. The summed E-state index contributed by atoms with van der Waals surface area (Å²) >= 11 is 0. The topological polar surface area (TPSA) is 125 Å². The average molecular weight is 520 g/mol. The molecule has 2 aliphatic heterocycles. The van der Waals surface area contributed by atoms with E-state index in [-0.39, 0.29) is 23.6 Å². The van der Waals surface area contributed by atoms with Crippen molar-refractivity contribution in [3.05, 3.63) is 73.1 Å². The van der Waals surface area contributed by atoms with E-state index in [0.717, 1.165) is 10.9 Å². The molecule has 2 aromatic carbocycles. The minimum absolute atomic E-state index is 0.128. The molecule has 4 heterocycles. The summed E-state index contributed by atoms with van der Waals surface area (Å²) in [6.07, 6.45) is 2.44. The summed E-state index contributed by atoms with van der Waals surface area (Å²) in [5.74, 6) is 1.14. The van der Waals surface area contributed by atoms with Crippen LogP contribution in [0, 0.1) is 0 Å². The van der Waals surface area contributed by atoms with E-state index in [1.807, 2.05) is 42.5 Å². The molecule has 11 heteroatoms. The zero-order chi connectivity index (χ0) is 25.4. The highest BCUT2D eigenvalue weighted by Crippen LogP contribution is 2.32. The lowest BCUT2D eigenvalue weighted by Crippen LogP contribution is -2.44. The number of rotatable bonds is 7. The van der Waals surface area contributed by atoms with Gasteiger partial charge in [-0.05, 0) is 30.3 Å². The molecule has 0 unspecified atom stereocenters. The number of ether oxygens (including phenoxy) is 3. The van der Waals surface area contributed by atoms with Crippen molar-refractivity contribution >= 4 is 26.9 Å². The summed E-state index contributed by atoms with van der Waals surface area (Å²) in [6, 6.07) is 17.4. The van der Waals surface area contributed by atoms with Crippen LogP contribution in [0.1, 0.15) is 0 Å². The number of sulfonamides is 1. The molecule has 0 amide bonds. The molecule has 2 aromatic heterocycles. The average Bonchev–Trinajstić information content (AvgIpc) is 3.51. The second kappa shape index (κ2) is 9.67. The first-order chi connectivity index (χ1) is 18.0. The van der Waals surface area contributed by atoms with Crippen LogP contribution in [0.25, 0.3) is 22.2 Å². The quantitative estimate of drug-likeness (QED) is 0.379. The molecule has 10 nitrogen and oxygen atoms in total. The number of para-hydroxylation sites is 2. The van der Waals surface area contributed by atoms with Crippen molar-refractivity contribution in [2.24, 2.45) is 0 Å². The standard InChI is InChI=1S/C26H25N5O5S/c1-34-21-9-3-2-8-17(21)18-11-13-28-26(29-18)30-19-14-35-25-20(15-36-24(19)25)31-37(32,33)22-10-4-6-16-7-5-12-27-23(16)22/h2-13,19-20,24-25,31H,14-15H2,1H3,(H,28,29,30)/t19-,20-,24+,25+/m0/s1. The summed E-state index contributed by atoms with van der Waals surface area (Å²) in [5.41, 5.74) is 1.99. The number of hydrogen-bond donors (Lipinski definition) is 2. The Labute approximate surface area is 214 Å². The molecule has 4 aromatic rings. The molecular formula is C26H25N5O5S. The van der Waals surface area contributed by atoms with E-state index in [1.165, 1.54) is 0 Å². The van der Waals surface area contributed by atoms with Gasteiger partial charge in [0.25, 0.3) is 0 Å². The van der Waals surface area contributed by atoms with Gasteiger partial charge in [0.2, 0.25) is 16.0 Å². The number of aromatic nitrogens is 3. The Bertz CT molecular complexity index is 1540. The largest absolute Gasteiger partial charge is 0.496 e. The predicted molar refractivity (Wildman–Crippen MR) is 137 cm³/mol. The number of pyridine rings is 1. The van der Waals surface area contributed by atoms with Crippen LogP contribution < -0.4 is 14.8 Å². The van der Waals surface area contributed by atoms with Crippen molar-refractivity contribution in [2.45, 2.75) is 29.2 Å². The fraction of sp³-hybridized carbons (Fsp3) is 0.269. The minimum Gasteiger partial charge on any atom is -0.496 e. The highest BCUT2D eigenvalue weighted by atomic mass is 32.2. The van der Waals surface area contributed by atoms with Crippen molar-refractivity contribution in [1.29, 1.82) is 0 Å². The van der Waals surface area contributed by atoms with E-state index in [4.69, 9.17) is 14.2 Å². The Morgan fingerprint density at radius 2 is 1.68 bits per heavy atom. The van der Waals surface area contributed by atoms with E-state index < -0.39 is 22.2 Å². The first-order valence-electron chi connectivity index (χ1n) is 11.9. The molecule has 2 saturated heterocycles. The van der Waals surface area contributed by atoms with Gasteiger partial charge < -0.3 is 19.5 Å². The van der Waals surface area contributed by atoms with E-state index in [0.29, 0.717) is 29.5 Å². The van der Waals surface area contributed by atoms with Crippen LogP contribution in [-0.2, 0) is 19.5 Å². The Morgan fingerprint density at radius 1 is 0.892 bits per heavy atom. The number of fused-ring (bicyclic) bond motifs is 2. The third-order valence-electron chi connectivity index (χ3n) is 6.60. The van der Waals surface area contributed by atoms with Gasteiger partial charge in [0.1, 0.15) is 22.9 Å². The maximum absolute atomic E-state index is 13.3. The molecule has 0 saturated carbocycles. The third-order valence-corrected chi connectivity index (χ3v) is 8.12. The van der Waals surface area contributed by atoms with E-state index in [1.54, 1.807) is 37.7 Å². The number of anilines is 1. The zero-order valence-corrected chi connectivity index (χ0v) is 20.8. The second-order valence-corrected chi connectivity index (χ2v) is 10.6. The Balaban J connectivity index is 1.17. The summed E-state index contributed by atoms with van der Waals surface area (Å²) in [5, 5.41) is 4.05. The fourth-order valence-electron chi connectivity index (χ4n) is 4.88. The highest BCUT2D eigenvalue weighted by molar-refractivity contribution is 7.89.